The number of carbonyl (C=O) groups is 3. The Morgan fingerprint density at radius 1 is 0.974 bits per heavy atom. The Bertz CT molecular complexity index is 1180. The lowest BCUT2D eigenvalue weighted by molar-refractivity contribution is -0.167. The highest BCUT2D eigenvalue weighted by Crippen LogP contribution is 2.33. The average Bonchev–Trinajstić information content (AvgIpc) is 2.92. The lowest BCUT2D eigenvalue weighted by atomic mass is 9.84. The number of unbranched alkanes of at least 4 members (excludes halogenated alkanes) is 1. The highest BCUT2D eigenvalue weighted by atomic mass is 35.5. The fraction of sp³-hybridized carbons (Fsp3) is 0.483. The van der Waals surface area contributed by atoms with Gasteiger partial charge in [-0.2, -0.15) is 0 Å². The predicted octanol–water partition coefficient (Wildman–Crippen LogP) is 5.48. The molecule has 2 heterocycles. The number of likely N-dealkylation sites (tertiary alicyclic amines) is 1. The van der Waals surface area contributed by atoms with Crippen LogP contribution < -0.4 is 0 Å². The number of rotatable bonds is 9. The summed E-state index contributed by atoms with van der Waals surface area (Å²) in [5.41, 5.74) is 1.60. The molecule has 0 atom stereocenters. The first-order valence-corrected chi connectivity index (χ1v) is 14.1. The average molecular weight is 561 g/mol. The van der Waals surface area contributed by atoms with Crippen molar-refractivity contribution in [1.29, 1.82) is 0 Å². The molecule has 2 aromatic rings. The summed E-state index contributed by atoms with van der Waals surface area (Å²) in [6.07, 6.45) is 6.15. The number of halogens is 2. The highest BCUT2D eigenvalue weighted by Gasteiger charge is 2.49. The third-order valence-electron chi connectivity index (χ3n) is 7.92. The number of aliphatic carboxylic acids is 1. The Balaban J connectivity index is 1.36. The van der Waals surface area contributed by atoms with E-state index < -0.39 is 11.5 Å². The summed E-state index contributed by atoms with van der Waals surface area (Å²) in [6, 6.07) is 13.4. The van der Waals surface area contributed by atoms with Gasteiger partial charge in [0, 0.05) is 38.7 Å². The molecule has 4 rings (SSSR count). The van der Waals surface area contributed by atoms with Crippen molar-refractivity contribution in [3.05, 3.63) is 69.2 Å². The first-order chi connectivity index (χ1) is 18.2. The minimum Gasteiger partial charge on any atom is -0.479 e. The van der Waals surface area contributed by atoms with E-state index in [9.17, 15) is 19.5 Å². The van der Waals surface area contributed by atoms with Crippen molar-refractivity contribution < 1.29 is 19.5 Å². The van der Waals surface area contributed by atoms with Crippen LogP contribution in [0.2, 0.25) is 10.0 Å². The number of carboxylic acids is 1. The van der Waals surface area contributed by atoms with E-state index in [-0.39, 0.29) is 11.8 Å². The van der Waals surface area contributed by atoms with Crippen LogP contribution in [0, 0.1) is 0 Å². The Morgan fingerprint density at radius 3 is 2.37 bits per heavy atom. The molecule has 38 heavy (non-hydrogen) atoms. The maximum absolute atomic E-state index is 13.5. The lowest BCUT2D eigenvalue weighted by Gasteiger charge is -2.48. The minimum atomic E-state index is -1.19. The first kappa shape index (κ1) is 28.4. The molecule has 2 amide bonds. The van der Waals surface area contributed by atoms with Crippen LogP contribution in [0.4, 0.5) is 0 Å². The summed E-state index contributed by atoms with van der Waals surface area (Å²) in [5.74, 6) is -1.14. The van der Waals surface area contributed by atoms with Crippen molar-refractivity contribution in [2.45, 2.75) is 63.3 Å². The Kier molecular flexibility index (Phi) is 9.34. The van der Waals surface area contributed by atoms with Crippen LogP contribution in [0.15, 0.2) is 42.5 Å². The Hall–Kier alpha value is -2.61. The van der Waals surface area contributed by atoms with E-state index in [0.29, 0.717) is 54.5 Å². The summed E-state index contributed by atoms with van der Waals surface area (Å²) in [5, 5.41) is 14.7. The third-order valence-corrected chi connectivity index (χ3v) is 8.66. The fourth-order valence-electron chi connectivity index (χ4n) is 5.61. The number of piperidine rings is 2. The fourth-order valence-corrected chi connectivity index (χ4v) is 5.93. The van der Waals surface area contributed by atoms with Gasteiger partial charge in [-0.25, -0.2) is 9.80 Å². The summed E-state index contributed by atoms with van der Waals surface area (Å²) in [4.78, 5) is 40.0. The first-order valence-electron chi connectivity index (χ1n) is 13.3. The molecule has 0 bridgehead atoms. The smallest absolute Gasteiger partial charge is 0.329 e. The standard InChI is InChI=1S/C29H35Cl2N3O4/c1-32(33-18-15-29(16-19-33,28(37)38)34-17-7-6-12-26(34)35)27(36)23-11-5-4-10-22(23)9-3-2-8-21-13-14-24(30)25(31)20-21/h4-5,10-11,13-14,20H,2-3,6-9,12,15-19H2,1H3,(H,37,38). The topological polar surface area (TPSA) is 81.2 Å². The van der Waals surface area contributed by atoms with E-state index in [4.69, 9.17) is 23.2 Å². The van der Waals surface area contributed by atoms with Gasteiger partial charge in [0.25, 0.3) is 5.91 Å². The molecule has 204 valence electrons. The molecule has 7 nitrogen and oxygen atoms in total. The molecule has 1 N–H and O–H groups in total. The largest absolute Gasteiger partial charge is 0.479 e. The third kappa shape index (κ3) is 6.16. The van der Waals surface area contributed by atoms with Crippen LogP contribution in [-0.4, -0.2) is 70.0 Å². The van der Waals surface area contributed by atoms with Crippen molar-refractivity contribution >= 4 is 41.0 Å². The van der Waals surface area contributed by atoms with Gasteiger partial charge in [0.05, 0.1) is 10.0 Å². The van der Waals surface area contributed by atoms with Gasteiger partial charge in [0.2, 0.25) is 5.91 Å². The molecule has 2 aliphatic heterocycles. The van der Waals surface area contributed by atoms with Gasteiger partial charge in [0.1, 0.15) is 5.54 Å². The van der Waals surface area contributed by atoms with E-state index in [2.05, 4.69) is 0 Å². The molecule has 0 spiro atoms. The number of nitrogens with zero attached hydrogens (tertiary/aromatic N) is 3. The molecule has 0 saturated carbocycles. The summed E-state index contributed by atoms with van der Waals surface area (Å²) in [6.45, 7) is 1.27. The van der Waals surface area contributed by atoms with E-state index in [1.165, 1.54) is 0 Å². The zero-order valence-corrected chi connectivity index (χ0v) is 23.3. The zero-order chi connectivity index (χ0) is 27.3. The monoisotopic (exact) mass is 559 g/mol. The molecule has 0 radical (unpaired) electrons. The van der Waals surface area contributed by atoms with Gasteiger partial charge < -0.3 is 10.0 Å². The normalized spacial score (nSPS) is 17.9. The van der Waals surface area contributed by atoms with Gasteiger partial charge in [-0.3, -0.25) is 14.6 Å². The summed E-state index contributed by atoms with van der Waals surface area (Å²) >= 11 is 12.1. The number of amides is 2. The van der Waals surface area contributed by atoms with E-state index in [0.717, 1.165) is 49.7 Å². The molecule has 2 fully saturated rings. The zero-order valence-electron chi connectivity index (χ0n) is 21.8. The van der Waals surface area contributed by atoms with Crippen LogP contribution in [0.25, 0.3) is 0 Å². The molecule has 0 aromatic heterocycles. The number of hydrogen-bond donors (Lipinski definition) is 1. The van der Waals surface area contributed by atoms with Gasteiger partial charge in [0.15, 0.2) is 0 Å². The quantitative estimate of drug-likeness (QED) is 0.411. The lowest BCUT2D eigenvalue weighted by Crippen LogP contribution is -2.64. The van der Waals surface area contributed by atoms with Crippen molar-refractivity contribution in [3.63, 3.8) is 0 Å². The summed E-state index contributed by atoms with van der Waals surface area (Å²) < 4.78 is 0. The van der Waals surface area contributed by atoms with Crippen molar-refractivity contribution in [3.8, 4) is 0 Å². The second kappa shape index (κ2) is 12.5. The number of carbonyl (C=O) groups excluding carboxylic acids is 2. The van der Waals surface area contributed by atoms with E-state index >= 15 is 0 Å². The molecule has 2 aromatic carbocycles. The van der Waals surface area contributed by atoms with Crippen molar-refractivity contribution in [2.75, 3.05) is 26.7 Å². The number of aryl methyl sites for hydroxylation is 2. The molecule has 0 aliphatic carbocycles. The van der Waals surface area contributed by atoms with Crippen LogP contribution in [0.1, 0.15) is 66.4 Å². The molecular formula is C29H35Cl2N3O4. The van der Waals surface area contributed by atoms with Crippen LogP contribution >= 0.6 is 23.2 Å². The van der Waals surface area contributed by atoms with Crippen LogP contribution in [-0.2, 0) is 22.4 Å². The van der Waals surface area contributed by atoms with Crippen LogP contribution in [0.3, 0.4) is 0 Å². The Morgan fingerprint density at radius 2 is 1.68 bits per heavy atom. The van der Waals surface area contributed by atoms with Crippen molar-refractivity contribution in [2.24, 2.45) is 0 Å². The molecular weight excluding hydrogens is 525 g/mol. The second-order valence-corrected chi connectivity index (χ2v) is 11.0. The second-order valence-electron chi connectivity index (χ2n) is 10.2. The van der Waals surface area contributed by atoms with Gasteiger partial charge in [-0.15, -0.1) is 0 Å². The number of carboxylic acid groups (broad SMARTS) is 1. The SMILES string of the molecule is CN(C(=O)c1ccccc1CCCCc1ccc(Cl)c(Cl)c1)N1CCC(C(=O)O)(N2CCCCC2=O)CC1. The Labute approximate surface area is 234 Å². The van der Waals surface area contributed by atoms with Gasteiger partial charge in [-0.1, -0.05) is 47.5 Å². The molecule has 2 aliphatic rings. The maximum atomic E-state index is 13.5. The predicted molar refractivity (Wildman–Crippen MR) is 148 cm³/mol. The number of hydrazine groups is 1. The summed E-state index contributed by atoms with van der Waals surface area (Å²) in [7, 11) is 1.74. The van der Waals surface area contributed by atoms with Gasteiger partial charge in [-0.05, 0) is 80.7 Å². The maximum Gasteiger partial charge on any atom is 0.329 e. The minimum absolute atomic E-state index is 0.0791. The van der Waals surface area contributed by atoms with Gasteiger partial charge >= 0.3 is 5.97 Å². The highest BCUT2D eigenvalue weighted by molar-refractivity contribution is 6.42. The van der Waals surface area contributed by atoms with Crippen LogP contribution in [0.5, 0.6) is 0 Å². The molecule has 2 saturated heterocycles. The molecule has 9 heteroatoms. The van der Waals surface area contributed by atoms with E-state index in [1.807, 2.05) is 47.5 Å². The van der Waals surface area contributed by atoms with E-state index in [1.54, 1.807) is 17.0 Å². The number of benzene rings is 2. The number of hydrogen-bond acceptors (Lipinski definition) is 4. The van der Waals surface area contributed by atoms with Crippen molar-refractivity contribution in [1.82, 2.24) is 14.9 Å². The molecule has 0 unspecified atom stereocenters.